The van der Waals surface area contributed by atoms with Crippen LogP contribution in [0.25, 0.3) is 0 Å². The topological polar surface area (TPSA) is 43.4 Å². The first kappa shape index (κ1) is 20.5. The summed E-state index contributed by atoms with van der Waals surface area (Å²) in [5.41, 5.74) is 0.990. The van der Waals surface area contributed by atoms with Gasteiger partial charge in [-0.2, -0.15) is 8.42 Å². The monoisotopic (exact) mass is 433 g/mol. The van der Waals surface area contributed by atoms with Gasteiger partial charge in [0.2, 0.25) is 0 Å². The minimum absolute atomic E-state index is 0.153. The van der Waals surface area contributed by atoms with Crippen molar-refractivity contribution < 1.29 is 12.4 Å². The van der Waals surface area contributed by atoms with Gasteiger partial charge in [0.1, 0.15) is 15.9 Å². The van der Waals surface area contributed by atoms with E-state index in [-0.39, 0.29) is 4.90 Å². The van der Waals surface area contributed by atoms with Crippen LogP contribution in [0.2, 0.25) is 0 Å². The molecule has 0 N–H and O–H groups in total. The normalized spacial score (nSPS) is 11.9. The molecule has 0 radical (unpaired) electrons. The summed E-state index contributed by atoms with van der Waals surface area (Å²) in [7, 11) is -6.97. The van der Waals surface area contributed by atoms with Gasteiger partial charge in [-0.3, -0.25) is 0 Å². The fourth-order valence-electron chi connectivity index (χ4n) is 3.39. The van der Waals surface area contributed by atoms with Crippen LogP contribution in [-0.4, -0.2) is 8.42 Å². The molecule has 0 aliphatic carbocycles. The highest BCUT2D eigenvalue weighted by Crippen LogP contribution is 2.58. The number of aryl methyl sites for hydroxylation is 1. The molecule has 30 heavy (non-hydrogen) atoms. The van der Waals surface area contributed by atoms with E-state index >= 15 is 0 Å². The van der Waals surface area contributed by atoms with Crippen LogP contribution in [0.15, 0.2) is 120 Å². The zero-order chi connectivity index (χ0) is 21.0. The predicted octanol–water partition coefficient (Wildman–Crippen LogP) is 4.61. The molecule has 0 bridgehead atoms. The Morgan fingerprint density at radius 1 is 0.567 bits per heavy atom. The predicted molar refractivity (Wildman–Crippen MR) is 125 cm³/mol. The van der Waals surface area contributed by atoms with Crippen LogP contribution in [-0.2, 0) is 14.1 Å². The van der Waals surface area contributed by atoms with Crippen molar-refractivity contribution in [2.24, 2.45) is 0 Å². The van der Waals surface area contributed by atoms with E-state index in [1.165, 1.54) is 0 Å². The zero-order valence-electron chi connectivity index (χ0n) is 16.5. The number of rotatable bonds is 6. The largest absolute Gasteiger partial charge is 0.329 e. The molecular weight excluding hydrogens is 411 g/mol. The summed E-state index contributed by atoms with van der Waals surface area (Å²) < 4.78 is 33.3. The maximum atomic E-state index is 13.5. The van der Waals surface area contributed by atoms with Crippen LogP contribution in [0.3, 0.4) is 0 Å². The van der Waals surface area contributed by atoms with Crippen LogP contribution in [0.5, 0.6) is 0 Å². The lowest BCUT2D eigenvalue weighted by molar-refractivity contribution is 0.510. The fourth-order valence-corrected chi connectivity index (χ4v) is 9.08. The van der Waals surface area contributed by atoms with E-state index < -0.39 is 17.6 Å². The lowest BCUT2D eigenvalue weighted by Crippen LogP contribution is -2.34. The van der Waals surface area contributed by atoms with Crippen molar-refractivity contribution >= 4 is 33.5 Å². The van der Waals surface area contributed by atoms with Crippen LogP contribution < -0.4 is 15.9 Å². The molecule has 0 heterocycles. The van der Waals surface area contributed by atoms with Gasteiger partial charge in [-0.1, -0.05) is 76.3 Å². The standard InChI is InChI=1S/C25H22O3PS/c1-21-17-19-25(20-18-21)30(26,27)28-29(22-11-5-2-6-12-22,23-13-7-3-8-14-23)24-15-9-4-10-16-24/h2-20H,1H3/q+1. The van der Waals surface area contributed by atoms with Crippen molar-refractivity contribution in [1.82, 2.24) is 0 Å². The van der Waals surface area contributed by atoms with Crippen molar-refractivity contribution in [3.63, 3.8) is 0 Å². The molecule has 3 nitrogen and oxygen atoms in total. The smallest absolute Gasteiger partial charge is 0.191 e. The highest BCUT2D eigenvalue weighted by molar-refractivity contribution is 8.01. The molecule has 0 unspecified atom stereocenters. The quantitative estimate of drug-likeness (QED) is 0.417. The van der Waals surface area contributed by atoms with E-state index in [4.69, 9.17) is 3.97 Å². The third-order valence-electron chi connectivity index (χ3n) is 4.88. The molecule has 0 aromatic heterocycles. The SMILES string of the molecule is Cc1ccc(S(=O)(=O)O[P+](c2ccccc2)(c2ccccc2)c2ccccc2)cc1. The Labute approximate surface area is 178 Å². The Balaban J connectivity index is 1.99. The lowest BCUT2D eigenvalue weighted by Gasteiger charge is -2.24. The van der Waals surface area contributed by atoms with Gasteiger partial charge in [0, 0.05) is 0 Å². The molecule has 0 saturated carbocycles. The molecule has 0 spiro atoms. The first-order valence-corrected chi connectivity index (χ1v) is 12.7. The molecule has 4 aromatic carbocycles. The van der Waals surface area contributed by atoms with Gasteiger partial charge in [-0.25, -0.2) is 0 Å². The van der Waals surface area contributed by atoms with E-state index in [0.29, 0.717) is 0 Å². The molecule has 0 aliphatic heterocycles. The lowest BCUT2D eigenvalue weighted by atomic mass is 10.2. The van der Waals surface area contributed by atoms with Crippen molar-refractivity contribution in [1.29, 1.82) is 0 Å². The van der Waals surface area contributed by atoms with Gasteiger partial charge < -0.3 is 0 Å². The zero-order valence-corrected chi connectivity index (χ0v) is 18.3. The summed E-state index contributed by atoms with van der Waals surface area (Å²) in [6.45, 7) is 1.92. The maximum Gasteiger partial charge on any atom is 0.329 e. The van der Waals surface area contributed by atoms with Crippen LogP contribution in [0, 0.1) is 6.92 Å². The average molecular weight is 433 g/mol. The number of benzene rings is 4. The van der Waals surface area contributed by atoms with Gasteiger partial charge in [-0.05, 0) is 55.5 Å². The molecule has 0 fully saturated rings. The maximum absolute atomic E-state index is 13.5. The molecular formula is C25H22O3PS+. The second-order valence-electron chi connectivity index (χ2n) is 6.96. The minimum atomic E-state index is -4.03. The Bertz CT molecular complexity index is 1110. The first-order valence-electron chi connectivity index (χ1n) is 9.61. The van der Waals surface area contributed by atoms with Crippen molar-refractivity contribution in [2.75, 3.05) is 0 Å². The van der Waals surface area contributed by atoms with Crippen molar-refractivity contribution in [3.8, 4) is 0 Å². The van der Waals surface area contributed by atoms with Gasteiger partial charge >= 0.3 is 10.1 Å². The molecule has 4 rings (SSSR count). The highest BCUT2D eigenvalue weighted by atomic mass is 32.2. The Hall–Kier alpha value is -2.78. The Morgan fingerprint density at radius 3 is 1.30 bits per heavy atom. The van der Waals surface area contributed by atoms with E-state index in [1.54, 1.807) is 24.3 Å². The van der Waals surface area contributed by atoms with E-state index in [2.05, 4.69) is 0 Å². The number of hydrogen-bond acceptors (Lipinski definition) is 3. The third kappa shape index (κ3) is 3.95. The second kappa shape index (κ2) is 8.53. The molecule has 150 valence electrons. The number of hydrogen-bond donors (Lipinski definition) is 0. The minimum Gasteiger partial charge on any atom is -0.191 e. The summed E-state index contributed by atoms with van der Waals surface area (Å²) in [5.74, 6) is 0. The molecule has 0 saturated heterocycles. The van der Waals surface area contributed by atoms with Crippen LogP contribution in [0.4, 0.5) is 0 Å². The highest BCUT2D eigenvalue weighted by Gasteiger charge is 2.52. The molecule has 5 heteroatoms. The Morgan fingerprint density at radius 2 is 0.933 bits per heavy atom. The van der Waals surface area contributed by atoms with Crippen LogP contribution >= 0.6 is 7.49 Å². The van der Waals surface area contributed by atoms with Crippen LogP contribution in [0.1, 0.15) is 5.56 Å². The fraction of sp³-hybridized carbons (Fsp3) is 0.0400. The van der Waals surface area contributed by atoms with E-state index in [9.17, 15) is 8.42 Å². The Kier molecular flexibility index (Phi) is 5.83. The van der Waals surface area contributed by atoms with Gasteiger partial charge in [0.15, 0.2) is 0 Å². The molecule has 0 atom stereocenters. The van der Waals surface area contributed by atoms with E-state index in [1.807, 2.05) is 97.9 Å². The summed E-state index contributed by atoms with van der Waals surface area (Å²) in [5, 5.41) is 2.54. The third-order valence-corrected chi connectivity index (χ3v) is 10.5. The summed E-state index contributed by atoms with van der Waals surface area (Å²) in [4.78, 5) is 0.153. The summed E-state index contributed by atoms with van der Waals surface area (Å²) in [6.07, 6.45) is 0. The summed E-state index contributed by atoms with van der Waals surface area (Å²) in [6, 6.07) is 35.7. The molecule has 0 aliphatic rings. The van der Waals surface area contributed by atoms with Gasteiger partial charge in [-0.15, -0.1) is 0 Å². The second-order valence-corrected chi connectivity index (χ2v) is 11.7. The average Bonchev–Trinajstić information content (AvgIpc) is 2.79. The van der Waals surface area contributed by atoms with Crippen molar-refractivity contribution in [3.05, 3.63) is 121 Å². The van der Waals surface area contributed by atoms with Gasteiger partial charge in [0.05, 0.1) is 4.90 Å². The first-order chi connectivity index (χ1) is 14.5. The van der Waals surface area contributed by atoms with Gasteiger partial charge in [0.25, 0.3) is 7.49 Å². The van der Waals surface area contributed by atoms with E-state index in [0.717, 1.165) is 21.5 Å². The molecule has 4 aromatic rings. The molecule has 0 amide bonds. The summed E-state index contributed by atoms with van der Waals surface area (Å²) >= 11 is 0. The van der Waals surface area contributed by atoms with Crippen molar-refractivity contribution in [2.45, 2.75) is 11.8 Å².